The first-order chi connectivity index (χ1) is 14.2. The Balaban J connectivity index is 1.62. The van der Waals surface area contributed by atoms with Gasteiger partial charge in [-0.15, -0.1) is 0 Å². The van der Waals surface area contributed by atoms with Gasteiger partial charge in [0, 0.05) is 11.1 Å². The molecule has 0 spiro atoms. The zero-order valence-corrected chi connectivity index (χ0v) is 16.3. The van der Waals surface area contributed by atoms with Gasteiger partial charge in [-0.1, -0.05) is 18.2 Å². The number of fused-ring (bicyclic) bond motifs is 1. The van der Waals surface area contributed by atoms with E-state index >= 15 is 0 Å². The summed E-state index contributed by atoms with van der Waals surface area (Å²) in [4.78, 5) is 16.7. The molecular formula is C23H21NO5. The first kappa shape index (κ1) is 18.8. The molecule has 0 bridgehead atoms. The Bertz CT molecular complexity index is 1040. The average Bonchev–Trinajstić information content (AvgIpc) is 3.10. The molecule has 4 rings (SSSR count). The highest BCUT2D eigenvalue weighted by Gasteiger charge is 2.26. The zero-order valence-electron chi connectivity index (χ0n) is 16.3. The van der Waals surface area contributed by atoms with Crippen molar-refractivity contribution in [3.63, 3.8) is 0 Å². The molecule has 0 aliphatic carbocycles. The molecule has 6 heteroatoms. The molecule has 148 valence electrons. The van der Waals surface area contributed by atoms with Crippen molar-refractivity contribution in [3.05, 3.63) is 70.9 Å². The lowest BCUT2D eigenvalue weighted by atomic mass is 10.1. The number of ether oxygens (including phenoxy) is 4. The molecular weight excluding hydrogens is 370 g/mol. The van der Waals surface area contributed by atoms with Gasteiger partial charge >= 0.3 is 5.97 Å². The van der Waals surface area contributed by atoms with Crippen LogP contribution in [0.5, 0.6) is 17.2 Å². The third-order valence-corrected chi connectivity index (χ3v) is 4.39. The van der Waals surface area contributed by atoms with E-state index in [1.54, 1.807) is 24.3 Å². The zero-order chi connectivity index (χ0) is 20.2. The van der Waals surface area contributed by atoms with E-state index in [1.165, 1.54) is 0 Å². The summed E-state index contributed by atoms with van der Waals surface area (Å²) in [6.45, 7) is 5.20. The summed E-state index contributed by atoms with van der Waals surface area (Å²) in [5, 5.41) is 0. The fourth-order valence-corrected chi connectivity index (χ4v) is 3.11. The van der Waals surface area contributed by atoms with Crippen molar-refractivity contribution in [2.24, 2.45) is 4.99 Å². The summed E-state index contributed by atoms with van der Waals surface area (Å²) in [5.41, 5.74) is 2.70. The summed E-state index contributed by atoms with van der Waals surface area (Å²) < 4.78 is 22.3. The number of benzene rings is 2. The van der Waals surface area contributed by atoms with E-state index in [1.807, 2.05) is 44.2 Å². The predicted octanol–water partition coefficient (Wildman–Crippen LogP) is 4.15. The number of carbonyl (C=O) groups excluding carboxylic acids is 1. The molecule has 29 heavy (non-hydrogen) atoms. The van der Waals surface area contributed by atoms with Gasteiger partial charge in [0.15, 0.2) is 17.2 Å². The Morgan fingerprint density at radius 1 is 1.07 bits per heavy atom. The predicted molar refractivity (Wildman–Crippen MR) is 109 cm³/mol. The SMILES string of the molecule is CCOc1ccc(C2=NC(=CC3=Cc4ccccc4OC3)C(=O)O2)cc1OCC. The Morgan fingerprint density at radius 2 is 1.86 bits per heavy atom. The average molecular weight is 391 g/mol. The Hall–Kier alpha value is -3.54. The number of esters is 1. The molecule has 0 atom stereocenters. The molecule has 2 aromatic rings. The summed E-state index contributed by atoms with van der Waals surface area (Å²) in [5.74, 6) is 1.80. The minimum absolute atomic E-state index is 0.237. The molecule has 0 radical (unpaired) electrons. The third-order valence-electron chi connectivity index (χ3n) is 4.39. The van der Waals surface area contributed by atoms with E-state index in [0.717, 1.165) is 16.9 Å². The summed E-state index contributed by atoms with van der Waals surface area (Å²) in [6.07, 6.45) is 3.68. The molecule has 0 saturated carbocycles. The normalized spacial score (nSPS) is 16.5. The van der Waals surface area contributed by atoms with Crippen LogP contribution in [-0.4, -0.2) is 31.7 Å². The lowest BCUT2D eigenvalue weighted by molar-refractivity contribution is -0.130. The van der Waals surface area contributed by atoms with Crippen LogP contribution in [0.4, 0.5) is 0 Å². The van der Waals surface area contributed by atoms with Crippen LogP contribution < -0.4 is 14.2 Å². The highest BCUT2D eigenvalue weighted by atomic mass is 16.6. The van der Waals surface area contributed by atoms with Gasteiger partial charge in [0.25, 0.3) is 0 Å². The van der Waals surface area contributed by atoms with Gasteiger partial charge in [-0.2, -0.15) is 0 Å². The quantitative estimate of drug-likeness (QED) is 0.547. The maximum atomic E-state index is 12.3. The molecule has 2 aliphatic rings. The van der Waals surface area contributed by atoms with E-state index in [0.29, 0.717) is 36.9 Å². The second-order valence-corrected chi connectivity index (χ2v) is 6.41. The van der Waals surface area contributed by atoms with E-state index in [4.69, 9.17) is 18.9 Å². The highest BCUT2D eigenvalue weighted by molar-refractivity contribution is 6.11. The lowest BCUT2D eigenvalue weighted by Crippen LogP contribution is -2.08. The standard InChI is InChI=1S/C23H21NO5/c1-3-26-20-10-9-17(13-21(20)27-4-2)22-24-18(23(25)29-22)12-15-11-16-7-5-6-8-19(16)28-14-15/h5-13H,3-4,14H2,1-2H3. The van der Waals surface area contributed by atoms with E-state index in [-0.39, 0.29) is 11.6 Å². The van der Waals surface area contributed by atoms with Crippen molar-refractivity contribution in [2.75, 3.05) is 19.8 Å². The first-order valence-electron chi connectivity index (χ1n) is 9.53. The summed E-state index contributed by atoms with van der Waals surface area (Å²) >= 11 is 0. The molecule has 2 aliphatic heterocycles. The van der Waals surface area contributed by atoms with Crippen LogP contribution >= 0.6 is 0 Å². The van der Waals surface area contributed by atoms with Crippen molar-refractivity contribution < 1.29 is 23.7 Å². The van der Waals surface area contributed by atoms with Gasteiger partial charge in [-0.25, -0.2) is 9.79 Å². The number of aliphatic imine (C=N–C) groups is 1. The number of rotatable bonds is 6. The third kappa shape index (κ3) is 4.01. The van der Waals surface area contributed by atoms with Crippen LogP contribution in [0.2, 0.25) is 0 Å². The van der Waals surface area contributed by atoms with Gasteiger partial charge in [0.05, 0.1) is 13.2 Å². The Labute approximate surface area is 169 Å². The van der Waals surface area contributed by atoms with Crippen LogP contribution in [0.3, 0.4) is 0 Å². The van der Waals surface area contributed by atoms with Gasteiger partial charge in [-0.3, -0.25) is 0 Å². The molecule has 0 unspecified atom stereocenters. The van der Waals surface area contributed by atoms with E-state index in [9.17, 15) is 4.79 Å². The second kappa shape index (κ2) is 8.22. The number of carbonyl (C=O) groups is 1. The molecule has 0 aromatic heterocycles. The van der Waals surface area contributed by atoms with E-state index < -0.39 is 5.97 Å². The van der Waals surface area contributed by atoms with Gasteiger partial charge in [0.2, 0.25) is 5.90 Å². The van der Waals surface area contributed by atoms with Crippen molar-refractivity contribution in [3.8, 4) is 17.2 Å². The molecule has 2 aromatic carbocycles. The number of hydrogen-bond donors (Lipinski definition) is 0. The van der Waals surface area contributed by atoms with Crippen molar-refractivity contribution in [1.29, 1.82) is 0 Å². The molecule has 0 N–H and O–H groups in total. The van der Waals surface area contributed by atoms with Gasteiger partial charge in [-0.05, 0) is 55.8 Å². The first-order valence-corrected chi connectivity index (χ1v) is 9.53. The maximum absolute atomic E-state index is 12.3. The van der Waals surface area contributed by atoms with Crippen molar-refractivity contribution in [1.82, 2.24) is 0 Å². The summed E-state index contributed by atoms with van der Waals surface area (Å²) in [6, 6.07) is 13.1. The number of hydrogen-bond acceptors (Lipinski definition) is 6. The van der Waals surface area contributed by atoms with Crippen molar-refractivity contribution in [2.45, 2.75) is 13.8 Å². The Morgan fingerprint density at radius 3 is 2.69 bits per heavy atom. The maximum Gasteiger partial charge on any atom is 0.363 e. The van der Waals surface area contributed by atoms with Crippen LogP contribution in [0.25, 0.3) is 6.08 Å². The molecule has 6 nitrogen and oxygen atoms in total. The smallest absolute Gasteiger partial charge is 0.363 e. The topological polar surface area (TPSA) is 66.4 Å². The number of nitrogens with zero attached hydrogens (tertiary/aromatic N) is 1. The molecule has 0 fully saturated rings. The van der Waals surface area contributed by atoms with Crippen molar-refractivity contribution >= 4 is 17.9 Å². The molecule has 2 heterocycles. The fraction of sp³-hybridized carbons (Fsp3) is 0.217. The molecule has 0 amide bonds. The minimum atomic E-state index is -0.494. The number of para-hydroxylation sites is 1. The lowest BCUT2D eigenvalue weighted by Gasteiger charge is -2.15. The highest BCUT2D eigenvalue weighted by Crippen LogP contribution is 2.31. The Kier molecular flexibility index (Phi) is 5.33. The minimum Gasteiger partial charge on any atom is -0.490 e. The van der Waals surface area contributed by atoms with Crippen LogP contribution in [0.1, 0.15) is 25.0 Å². The second-order valence-electron chi connectivity index (χ2n) is 6.41. The summed E-state index contributed by atoms with van der Waals surface area (Å²) in [7, 11) is 0. The van der Waals surface area contributed by atoms with Crippen LogP contribution in [0.15, 0.2) is 64.8 Å². The van der Waals surface area contributed by atoms with E-state index in [2.05, 4.69) is 4.99 Å². The molecule has 0 saturated heterocycles. The number of cyclic esters (lactones) is 1. The monoisotopic (exact) mass is 391 g/mol. The fourth-order valence-electron chi connectivity index (χ4n) is 3.11. The van der Waals surface area contributed by atoms with Gasteiger partial charge in [0.1, 0.15) is 12.4 Å². The largest absolute Gasteiger partial charge is 0.490 e. The van der Waals surface area contributed by atoms with Crippen LogP contribution in [0, 0.1) is 0 Å². The van der Waals surface area contributed by atoms with Gasteiger partial charge < -0.3 is 18.9 Å². The van der Waals surface area contributed by atoms with Crippen LogP contribution in [-0.2, 0) is 9.53 Å².